The quantitative estimate of drug-likeness (QED) is 0.310. The molecule has 5 nitrogen and oxygen atoms in total. The second-order valence-electron chi connectivity index (χ2n) is 8.98. The number of carbonyl (C=O) groups is 1. The van der Waals surface area contributed by atoms with E-state index in [4.69, 9.17) is 0 Å². The molecule has 2 unspecified atom stereocenters. The van der Waals surface area contributed by atoms with Crippen molar-refractivity contribution in [3.05, 3.63) is 89.5 Å². The van der Waals surface area contributed by atoms with Gasteiger partial charge in [-0.25, -0.2) is 9.18 Å². The van der Waals surface area contributed by atoms with Gasteiger partial charge >= 0.3 is 12.6 Å². The number of ether oxygens (including phenoxy) is 1. The SMILES string of the molecule is O=C(NCc1ccc(OC(F)F)cc1)N1C2C=C(c3ccc(-c4cc(F)nc(F)c4)c(F)c3)CC1CC2. The number of carbonyl (C=O) groups excluding carboxylic acids is 1. The van der Waals surface area contributed by atoms with Crippen molar-refractivity contribution >= 4 is 11.6 Å². The highest BCUT2D eigenvalue weighted by atomic mass is 19.3. The summed E-state index contributed by atoms with van der Waals surface area (Å²) in [5, 5.41) is 2.87. The maximum atomic E-state index is 14.9. The molecule has 1 N–H and O–H groups in total. The van der Waals surface area contributed by atoms with Crippen molar-refractivity contribution in [1.82, 2.24) is 15.2 Å². The van der Waals surface area contributed by atoms with Crippen LogP contribution in [-0.2, 0) is 6.54 Å². The van der Waals surface area contributed by atoms with Crippen LogP contribution < -0.4 is 10.1 Å². The number of rotatable bonds is 6. The molecule has 192 valence electrons. The first-order valence-electron chi connectivity index (χ1n) is 11.7. The molecule has 0 saturated carbocycles. The highest BCUT2D eigenvalue weighted by Crippen LogP contribution is 2.39. The van der Waals surface area contributed by atoms with Crippen molar-refractivity contribution in [2.24, 2.45) is 0 Å². The number of aromatic nitrogens is 1. The zero-order chi connectivity index (χ0) is 26.1. The molecule has 37 heavy (non-hydrogen) atoms. The van der Waals surface area contributed by atoms with Gasteiger partial charge in [-0.2, -0.15) is 22.5 Å². The first kappa shape index (κ1) is 24.7. The molecule has 5 rings (SSSR count). The van der Waals surface area contributed by atoms with Gasteiger partial charge in [0.25, 0.3) is 0 Å². The Hall–Kier alpha value is -3.95. The van der Waals surface area contributed by atoms with Gasteiger partial charge in [-0.1, -0.05) is 30.3 Å². The normalized spacial score (nSPS) is 18.6. The summed E-state index contributed by atoms with van der Waals surface area (Å²) in [6.45, 7) is -2.67. The number of nitrogens with zero attached hydrogens (tertiary/aromatic N) is 2. The maximum Gasteiger partial charge on any atom is 0.387 e. The Labute approximate surface area is 209 Å². The van der Waals surface area contributed by atoms with Gasteiger partial charge in [-0.3, -0.25) is 0 Å². The molecule has 1 aromatic heterocycles. The fourth-order valence-electron chi connectivity index (χ4n) is 4.99. The molecule has 0 radical (unpaired) electrons. The molecule has 2 aliphatic heterocycles. The fraction of sp³-hybridized carbons (Fsp3) is 0.259. The van der Waals surface area contributed by atoms with Gasteiger partial charge in [-0.05, 0) is 59.7 Å². The molecule has 2 amide bonds. The summed E-state index contributed by atoms with van der Waals surface area (Å²) < 4.78 is 70.8. The van der Waals surface area contributed by atoms with E-state index in [1.807, 2.05) is 6.08 Å². The van der Waals surface area contributed by atoms with Crippen LogP contribution in [0.3, 0.4) is 0 Å². The van der Waals surface area contributed by atoms with Gasteiger partial charge in [0.1, 0.15) is 11.6 Å². The predicted molar refractivity (Wildman–Crippen MR) is 126 cm³/mol. The molecule has 3 aromatic rings. The van der Waals surface area contributed by atoms with Gasteiger partial charge in [0.2, 0.25) is 11.9 Å². The van der Waals surface area contributed by atoms with E-state index in [2.05, 4.69) is 15.0 Å². The molecule has 2 aromatic carbocycles. The summed E-state index contributed by atoms with van der Waals surface area (Å²) in [4.78, 5) is 17.8. The molecule has 1 saturated heterocycles. The highest BCUT2D eigenvalue weighted by Gasteiger charge is 2.39. The van der Waals surface area contributed by atoms with Gasteiger partial charge in [0.05, 0.1) is 6.04 Å². The number of amides is 2. The largest absolute Gasteiger partial charge is 0.435 e. The van der Waals surface area contributed by atoms with Crippen LogP contribution in [0.25, 0.3) is 16.7 Å². The average molecular weight is 515 g/mol. The molecule has 2 bridgehead atoms. The number of hydrogen-bond acceptors (Lipinski definition) is 3. The van der Waals surface area contributed by atoms with Crippen LogP contribution in [0.5, 0.6) is 5.75 Å². The zero-order valence-electron chi connectivity index (χ0n) is 19.4. The van der Waals surface area contributed by atoms with Crippen LogP contribution in [0.1, 0.15) is 30.4 Å². The summed E-state index contributed by atoms with van der Waals surface area (Å²) in [6, 6.07) is 12.1. The third-order valence-electron chi connectivity index (χ3n) is 6.64. The number of halogens is 5. The van der Waals surface area contributed by atoms with E-state index < -0.39 is 24.3 Å². The number of alkyl halides is 2. The molecular weight excluding hydrogens is 493 g/mol. The minimum atomic E-state index is -2.90. The van der Waals surface area contributed by atoms with Crippen molar-refractivity contribution in [1.29, 1.82) is 0 Å². The third-order valence-corrected chi connectivity index (χ3v) is 6.64. The lowest BCUT2D eigenvalue weighted by Gasteiger charge is -2.34. The van der Waals surface area contributed by atoms with Crippen molar-refractivity contribution < 1.29 is 31.5 Å². The zero-order valence-corrected chi connectivity index (χ0v) is 19.4. The van der Waals surface area contributed by atoms with Crippen molar-refractivity contribution in [2.45, 2.75) is 44.5 Å². The number of pyridine rings is 1. The molecule has 2 atom stereocenters. The number of fused-ring (bicyclic) bond motifs is 2. The second kappa shape index (κ2) is 10.2. The number of nitrogens with one attached hydrogen (secondary N) is 1. The van der Waals surface area contributed by atoms with Gasteiger partial charge < -0.3 is 15.0 Å². The molecule has 10 heteroatoms. The lowest BCUT2D eigenvalue weighted by molar-refractivity contribution is -0.0498. The number of benzene rings is 2. The van der Waals surface area contributed by atoms with Crippen molar-refractivity contribution in [3.8, 4) is 16.9 Å². The first-order chi connectivity index (χ1) is 17.8. The Balaban J connectivity index is 1.26. The smallest absolute Gasteiger partial charge is 0.387 e. The Kier molecular flexibility index (Phi) is 6.82. The van der Waals surface area contributed by atoms with E-state index in [0.717, 1.165) is 36.1 Å². The van der Waals surface area contributed by atoms with Gasteiger partial charge in [0.15, 0.2) is 0 Å². The summed E-state index contributed by atoms with van der Waals surface area (Å²) >= 11 is 0. The van der Waals surface area contributed by atoms with E-state index in [1.165, 1.54) is 24.3 Å². The van der Waals surface area contributed by atoms with Gasteiger partial charge in [-0.15, -0.1) is 0 Å². The van der Waals surface area contributed by atoms with Crippen molar-refractivity contribution in [3.63, 3.8) is 0 Å². The van der Waals surface area contributed by atoms with E-state index in [0.29, 0.717) is 12.0 Å². The summed E-state index contributed by atoms with van der Waals surface area (Å²) in [5.41, 5.74) is 2.42. The predicted octanol–water partition coefficient (Wildman–Crippen LogP) is 6.30. The molecule has 0 aliphatic carbocycles. The summed E-state index contributed by atoms with van der Waals surface area (Å²) in [5.74, 6) is -2.62. The average Bonchev–Trinajstić information content (AvgIpc) is 3.11. The van der Waals surface area contributed by atoms with Crippen LogP contribution in [-0.4, -0.2) is 34.6 Å². The topological polar surface area (TPSA) is 54.5 Å². The Morgan fingerprint density at radius 2 is 1.73 bits per heavy atom. The third kappa shape index (κ3) is 5.42. The molecule has 3 heterocycles. The monoisotopic (exact) mass is 515 g/mol. The van der Waals surface area contributed by atoms with E-state index >= 15 is 0 Å². The standard InChI is InChI=1S/C27H22F5N3O2/c28-23-11-16(3-8-22(23)18-12-24(29)34-25(30)13-18)17-9-19-4-5-20(10-17)35(19)27(36)33-14-15-1-6-21(7-2-15)37-26(31)32/h1-3,6-9,11-13,19-20,26H,4-5,10,14H2,(H,33,36). The van der Waals surface area contributed by atoms with Crippen LogP contribution >= 0.6 is 0 Å². The molecule has 1 fully saturated rings. The molecular formula is C27H22F5N3O2. The lowest BCUT2D eigenvalue weighted by atomic mass is 9.93. The Morgan fingerprint density at radius 1 is 1.00 bits per heavy atom. The van der Waals surface area contributed by atoms with Crippen LogP contribution in [0, 0.1) is 17.7 Å². The highest BCUT2D eigenvalue weighted by molar-refractivity contribution is 5.79. The maximum absolute atomic E-state index is 14.9. The first-order valence-corrected chi connectivity index (χ1v) is 11.7. The van der Waals surface area contributed by atoms with Crippen molar-refractivity contribution in [2.75, 3.05) is 0 Å². The number of urea groups is 1. The van der Waals surface area contributed by atoms with Crippen LogP contribution in [0.4, 0.5) is 26.7 Å². The Morgan fingerprint density at radius 3 is 2.38 bits per heavy atom. The molecule has 2 aliphatic rings. The van der Waals surface area contributed by atoms with Gasteiger partial charge in [0, 0.05) is 30.3 Å². The minimum Gasteiger partial charge on any atom is -0.435 e. The number of hydrogen-bond donors (Lipinski definition) is 1. The summed E-state index contributed by atoms with van der Waals surface area (Å²) in [7, 11) is 0. The van der Waals surface area contributed by atoms with Crippen LogP contribution in [0.15, 0.2) is 60.7 Å². The Bertz CT molecular complexity index is 1330. The lowest BCUT2D eigenvalue weighted by Crippen LogP contribution is -2.48. The fourth-order valence-corrected chi connectivity index (χ4v) is 4.99. The minimum absolute atomic E-state index is 0.0430. The summed E-state index contributed by atoms with van der Waals surface area (Å²) in [6.07, 6.45) is 4.08. The molecule has 0 spiro atoms. The van der Waals surface area contributed by atoms with Crippen LogP contribution in [0.2, 0.25) is 0 Å². The van der Waals surface area contributed by atoms with E-state index in [9.17, 15) is 26.7 Å². The second-order valence-corrected chi connectivity index (χ2v) is 8.98. The van der Waals surface area contributed by atoms with E-state index in [1.54, 1.807) is 23.1 Å². The van der Waals surface area contributed by atoms with E-state index in [-0.39, 0.29) is 41.5 Å².